The summed E-state index contributed by atoms with van der Waals surface area (Å²) in [4.78, 5) is 10.5. The van der Waals surface area contributed by atoms with E-state index in [9.17, 15) is 4.79 Å². The third-order valence-electron chi connectivity index (χ3n) is 2.28. The van der Waals surface area contributed by atoms with Crippen molar-refractivity contribution in [3.8, 4) is 0 Å². The van der Waals surface area contributed by atoms with E-state index in [1.807, 2.05) is 0 Å². The van der Waals surface area contributed by atoms with Crippen LogP contribution < -0.4 is 5.73 Å². The van der Waals surface area contributed by atoms with Gasteiger partial charge in [0.2, 0.25) is 5.91 Å². The first kappa shape index (κ1) is 5.23. The zero-order chi connectivity index (χ0) is 6.43. The molecule has 9 heavy (non-hydrogen) atoms. The Kier molecular flexibility index (Phi) is 0.858. The highest BCUT2D eigenvalue weighted by molar-refractivity contribution is 5.80. The van der Waals surface area contributed by atoms with Gasteiger partial charge < -0.3 is 10.5 Å². The first-order valence-corrected chi connectivity index (χ1v) is 3.18. The molecule has 3 atom stereocenters. The van der Waals surface area contributed by atoms with Gasteiger partial charge in [0.25, 0.3) is 0 Å². The molecule has 2 N–H and O–H groups in total. The topological polar surface area (TPSA) is 52.3 Å². The molecular weight excluding hydrogens is 118 g/mol. The number of amides is 1. The lowest BCUT2D eigenvalue weighted by Crippen LogP contribution is -2.18. The molecular formula is C6H9NO2. The van der Waals surface area contributed by atoms with Crippen molar-refractivity contribution < 1.29 is 9.53 Å². The van der Waals surface area contributed by atoms with Crippen molar-refractivity contribution in [2.45, 2.75) is 0 Å². The molecule has 0 radical (unpaired) electrons. The van der Waals surface area contributed by atoms with Crippen LogP contribution in [-0.4, -0.2) is 19.1 Å². The molecule has 1 saturated heterocycles. The van der Waals surface area contributed by atoms with E-state index in [4.69, 9.17) is 10.5 Å². The Morgan fingerprint density at radius 1 is 1.44 bits per heavy atom. The van der Waals surface area contributed by atoms with Crippen LogP contribution in [0.2, 0.25) is 0 Å². The number of hydrogen-bond acceptors (Lipinski definition) is 2. The van der Waals surface area contributed by atoms with Crippen LogP contribution >= 0.6 is 0 Å². The minimum absolute atomic E-state index is 0.145. The Bertz CT molecular complexity index is 147. The number of nitrogens with two attached hydrogens (primary N) is 1. The van der Waals surface area contributed by atoms with E-state index >= 15 is 0 Å². The van der Waals surface area contributed by atoms with E-state index < -0.39 is 0 Å². The number of carbonyl (C=O) groups excluding carboxylic acids is 1. The van der Waals surface area contributed by atoms with Crippen LogP contribution in [0.15, 0.2) is 0 Å². The Hall–Kier alpha value is -0.570. The molecule has 1 heterocycles. The van der Waals surface area contributed by atoms with E-state index in [1.54, 1.807) is 0 Å². The maximum atomic E-state index is 10.5. The summed E-state index contributed by atoms with van der Waals surface area (Å²) in [6.45, 7) is 1.50. The largest absolute Gasteiger partial charge is 0.381 e. The zero-order valence-corrected chi connectivity index (χ0v) is 5.04. The summed E-state index contributed by atoms with van der Waals surface area (Å²) in [5.41, 5.74) is 5.09. The minimum atomic E-state index is -0.145. The average molecular weight is 127 g/mol. The summed E-state index contributed by atoms with van der Waals surface area (Å²) < 4.78 is 5.08. The van der Waals surface area contributed by atoms with Crippen LogP contribution in [0, 0.1) is 17.8 Å². The van der Waals surface area contributed by atoms with Gasteiger partial charge >= 0.3 is 0 Å². The van der Waals surface area contributed by atoms with Gasteiger partial charge in [-0.1, -0.05) is 0 Å². The summed E-state index contributed by atoms with van der Waals surface area (Å²) in [6, 6.07) is 0. The molecule has 2 rings (SSSR count). The van der Waals surface area contributed by atoms with Crippen LogP contribution in [-0.2, 0) is 9.53 Å². The highest BCUT2D eigenvalue weighted by atomic mass is 16.5. The number of hydrogen-bond donors (Lipinski definition) is 1. The molecule has 3 nitrogen and oxygen atoms in total. The zero-order valence-electron chi connectivity index (χ0n) is 5.04. The van der Waals surface area contributed by atoms with Crippen molar-refractivity contribution in [3.63, 3.8) is 0 Å². The first-order chi connectivity index (χ1) is 4.30. The molecule has 2 fully saturated rings. The fourth-order valence-corrected chi connectivity index (χ4v) is 1.66. The SMILES string of the molecule is NC(=O)[C@H]1[C@@H]2COC[C@@H]21. The predicted molar refractivity (Wildman–Crippen MR) is 30.5 cm³/mol. The minimum Gasteiger partial charge on any atom is -0.381 e. The molecule has 0 aromatic carbocycles. The Labute approximate surface area is 53.2 Å². The van der Waals surface area contributed by atoms with Gasteiger partial charge in [0, 0.05) is 5.92 Å². The third-order valence-corrected chi connectivity index (χ3v) is 2.28. The summed E-state index contributed by atoms with van der Waals surface area (Å²) in [7, 11) is 0. The summed E-state index contributed by atoms with van der Waals surface area (Å²) in [5, 5.41) is 0. The van der Waals surface area contributed by atoms with Gasteiger partial charge in [-0.25, -0.2) is 0 Å². The Balaban J connectivity index is 2.02. The van der Waals surface area contributed by atoms with Crippen LogP contribution in [0.4, 0.5) is 0 Å². The summed E-state index contributed by atoms with van der Waals surface area (Å²) in [6.07, 6.45) is 0. The molecule has 2 aliphatic rings. The van der Waals surface area contributed by atoms with Gasteiger partial charge in [-0.2, -0.15) is 0 Å². The summed E-state index contributed by atoms with van der Waals surface area (Å²) in [5.74, 6) is 0.956. The third kappa shape index (κ3) is 0.580. The van der Waals surface area contributed by atoms with E-state index in [1.165, 1.54) is 0 Å². The lowest BCUT2D eigenvalue weighted by atomic mass is 10.3. The highest BCUT2D eigenvalue weighted by Crippen LogP contribution is 2.50. The number of carbonyl (C=O) groups is 1. The molecule has 50 valence electrons. The average Bonchev–Trinajstić information content (AvgIpc) is 2.30. The normalized spacial score (nSPS) is 46.4. The van der Waals surface area contributed by atoms with Gasteiger partial charge in [-0.3, -0.25) is 4.79 Å². The molecule has 0 spiro atoms. The number of rotatable bonds is 1. The van der Waals surface area contributed by atoms with Crippen molar-refractivity contribution in [2.75, 3.05) is 13.2 Å². The molecule has 1 amide bonds. The first-order valence-electron chi connectivity index (χ1n) is 3.18. The lowest BCUT2D eigenvalue weighted by Gasteiger charge is -1.96. The molecule has 1 aliphatic heterocycles. The van der Waals surface area contributed by atoms with Gasteiger partial charge in [0.15, 0.2) is 0 Å². The molecule has 3 heteroatoms. The fourth-order valence-electron chi connectivity index (χ4n) is 1.66. The van der Waals surface area contributed by atoms with E-state index in [0.717, 1.165) is 13.2 Å². The fraction of sp³-hybridized carbons (Fsp3) is 0.833. The van der Waals surface area contributed by atoms with Crippen molar-refractivity contribution in [2.24, 2.45) is 23.5 Å². The monoisotopic (exact) mass is 127 g/mol. The lowest BCUT2D eigenvalue weighted by molar-refractivity contribution is -0.120. The van der Waals surface area contributed by atoms with Gasteiger partial charge in [0.1, 0.15) is 0 Å². The van der Waals surface area contributed by atoms with Crippen molar-refractivity contribution in [1.82, 2.24) is 0 Å². The Morgan fingerprint density at radius 2 is 2.00 bits per heavy atom. The predicted octanol–water partition coefficient (Wildman–Crippen LogP) is -0.636. The van der Waals surface area contributed by atoms with E-state index in [-0.39, 0.29) is 11.8 Å². The quantitative estimate of drug-likeness (QED) is 0.509. The Morgan fingerprint density at radius 3 is 2.33 bits per heavy atom. The van der Waals surface area contributed by atoms with E-state index in [2.05, 4.69) is 0 Å². The summed E-state index contributed by atoms with van der Waals surface area (Å²) >= 11 is 0. The number of ether oxygens (including phenoxy) is 1. The van der Waals surface area contributed by atoms with Gasteiger partial charge in [-0.15, -0.1) is 0 Å². The second-order valence-corrected chi connectivity index (χ2v) is 2.79. The molecule has 1 saturated carbocycles. The van der Waals surface area contributed by atoms with Gasteiger partial charge in [0.05, 0.1) is 13.2 Å². The molecule has 0 unspecified atom stereocenters. The maximum Gasteiger partial charge on any atom is 0.221 e. The van der Waals surface area contributed by atoms with Crippen LogP contribution in [0.25, 0.3) is 0 Å². The molecule has 1 aliphatic carbocycles. The number of primary amides is 1. The number of fused-ring (bicyclic) bond motifs is 1. The molecule has 0 aromatic rings. The van der Waals surface area contributed by atoms with Crippen molar-refractivity contribution >= 4 is 5.91 Å². The van der Waals surface area contributed by atoms with E-state index in [0.29, 0.717) is 11.8 Å². The second-order valence-electron chi connectivity index (χ2n) is 2.79. The molecule has 0 bridgehead atoms. The van der Waals surface area contributed by atoms with Crippen molar-refractivity contribution in [1.29, 1.82) is 0 Å². The van der Waals surface area contributed by atoms with Gasteiger partial charge in [-0.05, 0) is 11.8 Å². The standard InChI is InChI=1S/C6H9NO2/c7-6(8)5-3-1-9-2-4(3)5/h3-5H,1-2H2,(H2,7,8)/t3-,4+,5+. The van der Waals surface area contributed by atoms with Crippen molar-refractivity contribution in [3.05, 3.63) is 0 Å². The van der Waals surface area contributed by atoms with Crippen LogP contribution in [0.1, 0.15) is 0 Å². The second kappa shape index (κ2) is 1.48. The maximum absolute atomic E-state index is 10.5. The highest BCUT2D eigenvalue weighted by Gasteiger charge is 2.57. The smallest absolute Gasteiger partial charge is 0.221 e. The van der Waals surface area contributed by atoms with Crippen LogP contribution in [0.3, 0.4) is 0 Å². The molecule has 0 aromatic heterocycles. The van der Waals surface area contributed by atoms with Crippen LogP contribution in [0.5, 0.6) is 0 Å².